The third kappa shape index (κ3) is 5.17. The van der Waals surface area contributed by atoms with Gasteiger partial charge in [-0.05, 0) is 0 Å². The summed E-state index contributed by atoms with van der Waals surface area (Å²) in [6.45, 7) is 0. The van der Waals surface area contributed by atoms with E-state index in [-0.39, 0.29) is 0 Å². The van der Waals surface area contributed by atoms with Crippen molar-refractivity contribution in [1.82, 2.24) is 0 Å². The minimum absolute atomic E-state index is 1.24. The summed E-state index contributed by atoms with van der Waals surface area (Å²) in [6.07, 6.45) is 2.52. The summed E-state index contributed by atoms with van der Waals surface area (Å²) >= 11 is 1.31. The first kappa shape index (κ1) is 6.17. The van der Waals surface area contributed by atoms with E-state index in [2.05, 4.69) is 13.0 Å². The molecule has 0 bridgehead atoms. The van der Waals surface area contributed by atoms with Crippen LogP contribution in [0.3, 0.4) is 0 Å². The van der Waals surface area contributed by atoms with Crippen molar-refractivity contribution in [2.24, 2.45) is 0 Å². The van der Waals surface area contributed by atoms with Crippen molar-refractivity contribution >= 4 is 36.9 Å². The molecule has 0 aliphatic rings. The first-order valence-corrected chi connectivity index (χ1v) is 4.37. The van der Waals surface area contributed by atoms with Gasteiger partial charge in [-0.15, -0.1) is 0 Å². The van der Waals surface area contributed by atoms with Crippen LogP contribution in [-0.2, 0) is 0 Å². The van der Waals surface area contributed by atoms with E-state index in [0.717, 1.165) is 0 Å². The van der Waals surface area contributed by atoms with Crippen molar-refractivity contribution in [2.45, 2.75) is 6.42 Å². The van der Waals surface area contributed by atoms with Gasteiger partial charge in [0.15, 0.2) is 0 Å². The van der Waals surface area contributed by atoms with Gasteiger partial charge in [-0.1, -0.05) is 0 Å². The predicted octanol–water partition coefficient (Wildman–Crippen LogP) is 0.222. The molecule has 0 nitrogen and oxygen atoms in total. The molecule has 0 saturated carbocycles. The Labute approximate surface area is 49.6 Å². The minimum atomic E-state index is 1.24. The maximum absolute atomic E-state index is 2.69. The van der Waals surface area contributed by atoms with E-state index in [9.17, 15) is 0 Å². The average molecular weight is 189 g/mol. The summed E-state index contributed by atoms with van der Waals surface area (Å²) in [5, 5.41) is 0. The van der Waals surface area contributed by atoms with E-state index >= 15 is 0 Å². The van der Waals surface area contributed by atoms with Gasteiger partial charge in [0.1, 0.15) is 0 Å². The topological polar surface area (TPSA) is 0 Å². The van der Waals surface area contributed by atoms with Crippen LogP contribution in [0.2, 0.25) is 0 Å². The standard InChI is InChI=1S/C3H7P.In/c1-2-3-4;/h1H,2-4H2;. The Bertz CT molecular complexity index is 28.1. The molecule has 0 aliphatic carbocycles. The Hall–Kier alpha value is 1.17. The number of hydrogen-bond donors (Lipinski definition) is 0. The Balaban J connectivity index is 2.40. The summed E-state index contributed by atoms with van der Waals surface area (Å²) in [5.74, 6) is 0. The zero-order valence-corrected chi connectivity index (χ0v) is 7.60. The van der Waals surface area contributed by atoms with Crippen molar-refractivity contribution in [1.29, 1.82) is 0 Å². The fourth-order valence-electron chi connectivity index (χ4n) is 0.0962. The summed E-state index contributed by atoms with van der Waals surface area (Å²) < 4.78 is 2.29. The molecule has 0 heterocycles. The molecule has 0 fully saturated rings. The second kappa shape index (κ2) is 5.17. The Morgan fingerprint density at radius 2 is 2.40 bits per heavy atom. The van der Waals surface area contributed by atoms with Gasteiger partial charge in [0.2, 0.25) is 0 Å². The zero-order chi connectivity index (χ0) is 4.12. The SMILES string of the molecule is PCC[CH]=[In]. The van der Waals surface area contributed by atoms with Crippen LogP contribution in [0.1, 0.15) is 6.42 Å². The first-order valence-electron chi connectivity index (χ1n) is 1.65. The molecule has 0 aliphatic heterocycles. The van der Waals surface area contributed by atoms with Crippen LogP contribution in [0.4, 0.5) is 0 Å². The molecule has 0 aromatic rings. The van der Waals surface area contributed by atoms with Gasteiger partial charge in [-0.3, -0.25) is 0 Å². The van der Waals surface area contributed by atoms with E-state index in [1.807, 2.05) is 0 Å². The van der Waals surface area contributed by atoms with Gasteiger partial charge >= 0.3 is 49.5 Å². The van der Waals surface area contributed by atoms with Crippen molar-refractivity contribution in [3.05, 3.63) is 0 Å². The molecule has 0 amide bonds. The van der Waals surface area contributed by atoms with Crippen molar-refractivity contribution < 1.29 is 0 Å². The molecule has 0 aromatic heterocycles. The summed E-state index contributed by atoms with van der Waals surface area (Å²) in [5.41, 5.74) is 0. The van der Waals surface area contributed by atoms with Gasteiger partial charge in [-0.2, -0.15) is 0 Å². The molecular weight excluding hydrogens is 182 g/mol. The fraction of sp³-hybridized carbons (Fsp3) is 0.667. The molecule has 2 heteroatoms. The molecular formula is C3H7InP. The third-order valence-electron chi connectivity index (χ3n) is 0.333. The van der Waals surface area contributed by atoms with Gasteiger partial charge in [0, 0.05) is 0 Å². The van der Waals surface area contributed by atoms with Crippen LogP contribution in [0.25, 0.3) is 0 Å². The van der Waals surface area contributed by atoms with Crippen LogP contribution in [-0.4, -0.2) is 33.8 Å². The second-order valence-corrected chi connectivity index (χ2v) is 2.74. The molecule has 0 aromatic carbocycles. The number of hydrogen-bond acceptors (Lipinski definition) is 0. The van der Waals surface area contributed by atoms with Crippen LogP contribution >= 0.6 is 9.24 Å². The Morgan fingerprint density at radius 3 is 2.40 bits per heavy atom. The van der Waals surface area contributed by atoms with Crippen molar-refractivity contribution in [3.63, 3.8) is 0 Å². The van der Waals surface area contributed by atoms with E-state index in [1.54, 1.807) is 0 Å². The molecule has 0 saturated heterocycles. The molecule has 1 unspecified atom stereocenters. The first-order chi connectivity index (χ1) is 2.41. The summed E-state index contributed by atoms with van der Waals surface area (Å²) in [6, 6.07) is 0. The van der Waals surface area contributed by atoms with Gasteiger partial charge in [0.05, 0.1) is 0 Å². The quantitative estimate of drug-likeness (QED) is 0.545. The number of rotatable bonds is 2. The third-order valence-corrected chi connectivity index (χ3v) is 1.62. The Kier molecular flexibility index (Phi) is 6.38. The van der Waals surface area contributed by atoms with Crippen LogP contribution in [0, 0.1) is 0 Å². The monoisotopic (exact) mass is 189 g/mol. The predicted molar refractivity (Wildman–Crippen MR) is 31.0 cm³/mol. The molecule has 1 radical (unpaired) electrons. The second-order valence-electron chi connectivity index (χ2n) is 0.813. The van der Waals surface area contributed by atoms with Crippen molar-refractivity contribution in [3.8, 4) is 0 Å². The summed E-state index contributed by atoms with van der Waals surface area (Å²) in [4.78, 5) is 0. The summed E-state index contributed by atoms with van der Waals surface area (Å²) in [7, 11) is 2.69. The van der Waals surface area contributed by atoms with Gasteiger partial charge < -0.3 is 0 Å². The molecule has 0 N–H and O–H groups in total. The van der Waals surface area contributed by atoms with E-state index < -0.39 is 0 Å². The van der Waals surface area contributed by atoms with Crippen molar-refractivity contribution in [2.75, 3.05) is 6.16 Å². The van der Waals surface area contributed by atoms with E-state index in [0.29, 0.717) is 0 Å². The normalized spacial score (nSPS) is 7.20. The zero-order valence-electron chi connectivity index (χ0n) is 3.15. The Morgan fingerprint density at radius 1 is 1.80 bits per heavy atom. The van der Waals surface area contributed by atoms with E-state index in [1.165, 1.54) is 36.5 Å². The molecule has 0 spiro atoms. The molecule has 0 rings (SSSR count). The van der Waals surface area contributed by atoms with Crippen LogP contribution in [0.15, 0.2) is 0 Å². The van der Waals surface area contributed by atoms with Crippen LogP contribution < -0.4 is 0 Å². The van der Waals surface area contributed by atoms with Gasteiger partial charge in [0.25, 0.3) is 0 Å². The average Bonchev–Trinajstić information content (AvgIpc) is 1.41. The molecule has 27 valence electrons. The van der Waals surface area contributed by atoms with E-state index in [4.69, 9.17) is 0 Å². The van der Waals surface area contributed by atoms with Gasteiger partial charge in [-0.25, -0.2) is 0 Å². The van der Waals surface area contributed by atoms with Crippen LogP contribution in [0.5, 0.6) is 0 Å². The molecule has 1 atom stereocenters. The fourth-order valence-corrected chi connectivity index (χ4v) is 1.94. The maximum atomic E-state index is 2.69. The molecule has 5 heavy (non-hydrogen) atoms.